The van der Waals surface area contributed by atoms with E-state index in [2.05, 4.69) is 48.1 Å². The second-order valence-corrected chi connectivity index (χ2v) is 9.49. The summed E-state index contributed by atoms with van der Waals surface area (Å²) >= 11 is 4.90. The number of halogens is 1. The first-order valence-electron chi connectivity index (χ1n) is 8.85. The molecule has 0 saturated heterocycles. The van der Waals surface area contributed by atoms with Crippen LogP contribution in [0.25, 0.3) is 21.3 Å². The zero-order chi connectivity index (χ0) is 20.5. The second-order valence-electron chi connectivity index (χ2n) is 6.29. The summed E-state index contributed by atoms with van der Waals surface area (Å²) in [5.74, 6) is 0.444. The van der Waals surface area contributed by atoms with Crippen LogP contribution in [0.3, 0.4) is 0 Å². The summed E-state index contributed by atoms with van der Waals surface area (Å²) in [5, 5.41) is 11.8. The average molecular weight is 548 g/mol. The lowest BCUT2D eigenvalue weighted by atomic mass is 10.3. The first kappa shape index (κ1) is 19.5. The maximum atomic E-state index is 12.3. The maximum absolute atomic E-state index is 12.3. The van der Waals surface area contributed by atoms with E-state index in [1.165, 1.54) is 23.1 Å². The van der Waals surface area contributed by atoms with Gasteiger partial charge in [-0.3, -0.25) is 4.79 Å². The number of anilines is 1. The van der Waals surface area contributed by atoms with Gasteiger partial charge in [-0.15, -0.1) is 10.2 Å². The molecule has 1 amide bonds. The summed E-state index contributed by atoms with van der Waals surface area (Å²) in [7, 11) is 0. The lowest BCUT2D eigenvalue weighted by Gasteiger charge is -2.00. The molecule has 0 unspecified atom stereocenters. The number of hydrogen-bond donors (Lipinski definition) is 1. The fraction of sp³-hybridized carbons (Fsp3) is 0.105. The minimum atomic E-state index is -0.172. The second kappa shape index (κ2) is 8.32. The highest BCUT2D eigenvalue weighted by Crippen LogP contribution is 2.27. The van der Waals surface area contributed by atoms with Crippen molar-refractivity contribution < 1.29 is 9.21 Å². The fourth-order valence-corrected chi connectivity index (χ4v) is 5.08. The molecule has 5 aromatic rings. The SMILES string of the molecule is O=C(CSc1nnc(Cn2cnc3ccccc32)o1)Nc1nc2ccc(I)cc2s1. The summed E-state index contributed by atoms with van der Waals surface area (Å²) < 4.78 is 9.78. The number of aromatic nitrogens is 5. The number of benzene rings is 2. The van der Waals surface area contributed by atoms with E-state index in [4.69, 9.17) is 4.42 Å². The molecule has 0 saturated carbocycles. The van der Waals surface area contributed by atoms with E-state index in [0.29, 0.717) is 22.8 Å². The van der Waals surface area contributed by atoms with E-state index >= 15 is 0 Å². The van der Waals surface area contributed by atoms with Crippen LogP contribution in [-0.4, -0.2) is 36.4 Å². The smallest absolute Gasteiger partial charge is 0.277 e. The molecule has 0 aliphatic carbocycles. The number of imidazole rings is 1. The Kier molecular flexibility index (Phi) is 5.39. The van der Waals surface area contributed by atoms with Crippen molar-refractivity contribution in [3.8, 4) is 0 Å². The van der Waals surface area contributed by atoms with E-state index < -0.39 is 0 Å². The monoisotopic (exact) mass is 548 g/mol. The molecule has 0 fully saturated rings. The highest BCUT2D eigenvalue weighted by Gasteiger charge is 2.13. The Hall–Kier alpha value is -2.51. The standard InChI is InChI=1S/C19H13IN6O2S2/c20-11-5-6-13-15(7-11)30-18(22-13)23-16(27)9-29-19-25-24-17(28-19)8-26-10-21-12-3-1-2-4-14(12)26/h1-7,10H,8-9H2,(H,22,23,27). The van der Waals surface area contributed by atoms with Gasteiger partial charge in [-0.25, -0.2) is 9.97 Å². The normalized spacial score (nSPS) is 11.4. The zero-order valence-electron chi connectivity index (χ0n) is 15.3. The molecule has 0 aliphatic rings. The van der Waals surface area contributed by atoms with Gasteiger partial charge in [0.1, 0.15) is 6.54 Å². The Bertz CT molecular complexity index is 1360. The van der Waals surface area contributed by atoms with Gasteiger partial charge in [-0.2, -0.15) is 0 Å². The number of nitrogens with zero attached hydrogens (tertiary/aromatic N) is 5. The molecule has 0 bridgehead atoms. The van der Waals surface area contributed by atoms with Crippen LogP contribution in [-0.2, 0) is 11.3 Å². The molecule has 0 aliphatic heterocycles. The van der Waals surface area contributed by atoms with Crippen LogP contribution in [0.5, 0.6) is 0 Å². The molecule has 0 spiro atoms. The average Bonchev–Trinajstić information content (AvgIpc) is 3.45. The molecule has 11 heteroatoms. The first-order valence-corrected chi connectivity index (χ1v) is 11.7. The number of hydrogen-bond acceptors (Lipinski definition) is 8. The predicted molar refractivity (Wildman–Crippen MR) is 125 cm³/mol. The van der Waals surface area contributed by atoms with Crippen LogP contribution in [0.1, 0.15) is 5.89 Å². The topological polar surface area (TPSA) is 98.7 Å². The third-order valence-corrected chi connectivity index (χ3v) is 6.63. The number of amides is 1. The number of rotatable bonds is 6. The fourth-order valence-electron chi connectivity index (χ4n) is 2.88. The first-order chi connectivity index (χ1) is 14.6. The Morgan fingerprint density at radius 1 is 1.20 bits per heavy atom. The molecule has 8 nitrogen and oxygen atoms in total. The highest BCUT2D eigenvalue weighted by molar-refractivity contribution is 14.1. The molecule has 3 aromatic heterocycles. The number of fused-ring (bicyclic) bond motifs is 2. The van der Waals surface area contributed by atoms with Crippen LogP contribution in [0, 0.1) is 3.57 Å². The van der Waals surface area contributed by atoms with Gasteiger partial charge in [0.2, 0.25) is 11.8 Å². The van der Waals surface area contributed by atoms with Crippen molar-refractivity contribution in [2.75, 3.05) is 11.1 Å². The number of carbonyl (C=O) groups excluding carboxylic acids is 1. The number of nitrogens with one attached hydrogen (secondary N) is 1. The van der Waals surface area contributed by atoms with Gasteiger partial charge in [0.25, 0.3) is 5.22 Å². The summed E-state index contributed by atoms with van der Waals surface area (Å²) in [6.07, 6.45) is 1.74. The van der Waals surface area contributed by atoms with Gasteiger partial charge in [0.05, 0.1) is 33.3 Å². The van der Waals surface area contributed by atoms with Crippen molar-refractivity contribution in [2.24, 2.45) is 0 Å². The number of thioether (sulfide) groups is 1. The molecule has 150 valence electrons. The van der Waals surface area contributed by atoms with Crippen LogP contribution in [0.15, 0.2) is 58.4 Å². The molecule has 30 heavy (non-hydrogen) atoms. The molecule has 0 atom stereocenters. The third kappa shape index (κ3) is 4.18. The largest absolute Gasteiger partial charge is 0.414 e. The molecule has 1 N–H and O–H groups in total. The number of carbonyl (C=O) groups is 1. The third-order valence-electron chi connectivity index (χ3n) is 4.20. The van der Waals surface area contributed by atoms with Crippen molar-refractivity contribution in [1.82, 2.24) is 24.7 Å². The molecular weight excluding hydrogens is 535 g/mol. The van der Waals surface area contributed by atoms with E-state index in [9.17, 15) is 4.79 Å². The van der Waals surface area contributed by atoms with Gasteiger partial charge in [-0.05, 0) is 52.9 Å². The number of para-hydroxylation sites is 2. The number of thiazole rings is 1. The van der Waals surface area contributed by atoms with Gasteiger partial charge < -0.3 is 14.3 Å². The summed E-state index contributed by atoms with van der Waals surface area (Å²) in [5.41, 5.74) is 2.78. The van der Waals surface area contributed by atoms with E-state index in [0.717, 1.165) is 24.8 Å². The van der Waals surface area contributed by atoms with Gasteiger partial charge in [0, 0.05) is 3.57 Å². The minimum absolute atomic E-state index is 0.156. The molecule has 3 heterocycles. The Morgan fingerprint density at radius 2 is 2.10 bits per heavy atom. The minimum Gasteiger partial charge on any atom is -0.414 e. The summed E-state index contributed by atoms with van der Waals surface area (Å²) in [6, 6.07) is 13.8. The quantitative estimate of drug-likeness (QED) is 0.248. The Labute approximate surface area is 192 Å². The molecular formula is C19H13IN6O2S2. The van der Waals surface area contributed by atoms with Crippen molar-refractivity contribution >= 4 is 78.0 Å². The van der Waals surface area contributed by atoms with Crippen LogP contribution in [0.2, 0.25) is 0 Å². The highest BCUT2D eigenvalue weighted by atomic mass is 127. The van der Waals surface area contributed by atoms with Crippen LogP contribution >= 0.6 is 45.7 Å². The Balaban J connectivity index is 1.19. The molecule has 2 aromatic carbocycles. The van der Waals surface area contributed by atoms with Crippen molar-refractivity contribution in [3.05, 3.63) is 58.3 Å². The summed E-state index contributed by atoms with van der Waals surface area (Å²) in [4.78, 5) is 21.1. The lowest BCUT2D eigenvalue weighted by molar-refractivity contribution is -0.113. The molecule has 0 radical (unpaired) electrons. The van der Waals surface area contributed by atoms with E-state index in [-0.39, 0.29) is 11.7 Å². The van der Waals surface area contributed by atoms with Gasteiger partial charge >= 0.3 is 0 Å². The van der Waals surface area contributed by atoms with Gasteiger partial charge in [0.15, 0.2) is 5.13 Å². The lowest BCUT2D eigenvalue weighted by Crippen LogP contribution is -2.13. The zero-order valence-corrected chi connectivity index (χ0v) is 19.1. The van der Waals surface area contributed by atoms with Crippen LogP contribution in [0.4, 0.5) is 5.13 Å². The summed E-state index contributed by atoms with van der Waals surface area (Å²) in [6.45, 7) is 0.421. The van der Waals surface area contributed by atoms with Crippen molar-refractivity contribution in [3.63, 3.8) is 0 Å². The Morgan fingerprint density at radius 3 is 3.03 bits per heavy atom. The maximum Gasteiger partial charge on any atom is 0.277 e. The van der Waals surface area contributed by atoms with Crippen LogP contribution < -0.4 is 5.32 Å². The van der Waals surface area contributed by atoms with Gasteiger partial charge in [-0.1, -0.05) is 35.2 Å². The van der Waals surface area contributed by atoms with E-state index in [1.807, 2.05) is 47.0 Å². The van der Waals surface area contributed by atoms with Crippen molar-refractivity contribution in [2.45, 2.75) is 11.8 Å². The van der Waals surface area contributed by atoms with Crippen molar-refractivity contribution in [1.29, 1.82) is 0 Å². The van der Waals surface area contributed by atoms with E-state index in [1.54, 1.807) is 6.33 Å². The molecule has 5 rings (SSSR count). The predicted octanol–water partition coefficient (Wildman–Crippen LogP) is 4.41.